The van der Waals surface area contributed by atoms with Crippen molar-refractivity contribution in [3.8, 4) is 11.5 Å². The highest BCUT2D eigenvalue weighted by molar-refractivity contribution is 7.92. The van der Waals surface area contributed by atoms with Crippen LogP contribution in [0.25, 0.3) is 0 Å². The van der Waals surface area contributed by atoms with E-state index in [1.165, 1.54) is 44.4 Å². The molecule has 0 unspecified atom stereocenters. The second-order valence-corrected chi connectivity index (χ2v) is 11.1. The lowest BCUT2D eigenvalue weighted by Gasteiger charge is -2.32. The molecule has 1 atom stereocenters. The summed E-state index contributed by atoms with van der Waals surface area (Å²) < 4.78 is 39.5. The minimum atomic E-state index is -4.25. The van der Waals surface area contributed by atoms with E-state index in [0.29, 0.717) is 16.5 Å². The van der Waals surface area contributed by atoms with E-state index in [4.69, 9.17) is 21.1 Å². The summed E-state index contributed by atoms with van der Waals surface area (Å²) in [5.74, 6) is -0.359. The van der Waals surface area contributed by atoms with Crippen molar-refractivity contribution in [2.75, 3.05) is 32.1 Å². The molecule has 11 heteroatoms. The number of hydrogen-bond donors (Lipinski definition) is 1. The topological polar surface area (TPSA) is 105 Å². The van der Waals surface area contributed by atoms with Crippen LogP contribution < -0.4 is 19.1 Å². The molecule has 39 heavy (non-hydrogen) atoms. The number of aryl methyl sites for hydroxylation is 1. The number of benzene rings is 3. The third-order valence-electron chi connectivity index (χ3n) is 6.22. The SMILES string of the molecule is CNC(=O)[C@@H](C)N(Cc1ccc(Cl)cc1)C(=O)CN(c1ccc(C)cc1)S(=O)(=O)c1ccc(OC)c(OC)c1. The number of carbonyl (C=O) groups excluding carboxylic acids is 2. The zero-order valence-electron chi connectivity index (χ0n) is 22.5. The number of hydrogen-bond acceptors (Lipinski definition) is 6. The molecule has 9 nitrogen and oxygen atoms in total. The lowest BCUT2D eigenvalue weighted by molar-refractivity contribution is -0.139. The van der Waals surface area contributed by atoms with Crippen molar-refractivity contribution in [1.82, 2.24) is 10.2 Å². The fraction of sp³-hybridized carbons (Fsp3) is 0.286. The van der Waals surface area contributed by atoms with Crippen LogP contribution in [0.2, 0.25) is 5.02 Å². The van der Waals surface area contributed by atoms with Crippen LogP contribution in [-0.4, -0.2) is 59.0 Å². The number of halogens is 1. The summed E-state index contributed by atoms with van der Waals surface area (Å²) in [6, 6.07) is 17.0. The number of amides is 2. The van der Waals surface area contributed by atoms with E-state index in [-0.39, 0.29) is 23.1 Å². The van der Waals surface area contributed by atoms with E-state index >= 15 is 0 Å². The number of nitrogens with one attached hydrogen (secondary N) is 1. The Labute approximate surface area is 234 Å². The average Bonchev–Trinajstić information content (AvgIpc) is 2.94. The molecule has 0 saturated carbocycles. The molecule has 0 aliphatic rings. The minimum Gasteiger partial charge on any atom is -0.493 e. The van der Waals surface area contributed by atoms with Crippen molar-refractivity contribution in [2.45, 2.75) is 31.3 Å². The van der Waals surface area contributed by atoms with Crippen LogP contribution in [0.5, 0.6) is 11.5 Å². The standard InChI is InChI=1S/C28H32ClN3O6S/c1-19-6-12-23(13-7-19)32(39(35,36)24-14-15-25(37-4)26(16-24)38-5)18-27(33)31(20(2)28(34)30-3)17-21-8-10-22(29)11-9-21/h6-16,20H,17-18H2,1-5H3,(H,30,34)/t20-/m1/s1. The number of anilines is 1. The number of ether oxygens (including phenoxy) is 2. The zero-order chi connectivity index (χ0) is 28.7. The van der Waals surface area contributed by atoms with E-state index in [2.05, 4.69) is 5.32 Å². The monoisotopic (exact) mass is 573 g/mol. The third-order valence-corrected chi connectivity index (χ3v) is 8.25. The van der Waals surface area contributed by atoms with Crippen molar-refractivity contribution < 1.29 is 27.5 Å². The van der Waals surface area contributed by atoms with Crippen LogP contribution in [0.4, 0.5) is 5.69 Å². The van der Waals surface area contributed by atoms with E-state index in [1.807, 2.05) is 6.92 Å². The van der Waals surface area contributed by atoms with Gasteiger partial charge in [0.25, 0.3) is 10.0 Å². The van der Waals surface area contributed by atoms with E-state index in [1.54, 1.807) is 55.5 Å². The summed E-state index contributed by atoms with van der Waals surface area (Å²) in [5, 5.41) is 3.08. The van der Waals surface area contributed by atoms with Crippen molar-refractivity contribution >= 4 is 39.1 Å². The van der Waals surface area contributed by atoms with Gasteiger partial charge in [-0.3, -0.25) is 13.9 Å². The Kier molecular flexibility index (Phi) is 9.82. The number of likely N-dealkylation sites (N-methyl/N-ethyl adjacent to an activating group) is 1. The van der Waals surface area contributed by atoms with Gasteiger partial charge < -0.3 is 19.7 Å². The van der Waals surface area contributed by atoms with Crippen molar-refractivity contribution in [3.05, 3.63) is 82.9 Å². The molecule has 0 aliphatic carbocycles. The third kappa shape index (κ3) is 7.01. The Morgan fingerprint density at radius 2 is 1.56 bits per heavy atom. The van der Waals surface area contributed by atoms with E-state index in [0.717, 1.165) is 15.4 Å². The second-order valence-electron chi connectivity index (χ2n) is 8.80. The maximum absolute atomic E-state index is 14.0. The molecular formula is C28H32ClN3O6S. The molecule has 0 saturated heterocycles. The summed E-state index contributed by atoms with van der Waals surface area (Å²) >= 11 is 6.01. The highest BCUT2D eigenvalue weighted by atomic mass is 35.5. The maximum atomic E-state index is 14.0. The van der Waals surface area contributed by atoms with E-state index in [9.17, 15) is 18.0 Å². The average molecular weight is 574 g/mol. The van der Waals surface area contributed by atoms with Crippen LogP contribution in [0.3, 0.4) is 0 Å². The zero-order valence-corrected chi connectivity index (χ0v) is 24.0. The van der Waals surface area contributed by atoms with Gasteiger partial charge in [0.1, 0.15) is 12.6 Å². The summed E-state index contributed by atoms with van der Waals surface area (Å²) in [6.45, 7) is 2.99. The van der Waals surface area contributed by atoms with E-state index < -0.39 is 28.5 Å². The highest BCUT2D eigenvalue weighted by Crippen LogP contribution is 2.32. The largest absolute Gasteiger partial charge is 0.493 e. The molecule has 1 N–H and O–H groups in total. The lowest BCUT2D eigenvalue weighted by atomic mass is 10.1. The van der Waals surface area contributed by atoms with Gasteiger partial charge in [-0.1, -0.05) is 41.4 Å². The predicted molar refractivity (Wildman–Crippen MR) is 151 cm³/mol. The van der Waals surface area contributed by atoms with Gasteiger partial charge >= 0.3 is 0 Å². The molecule has 0 fully saturated rings. The first-order chi connectivity index (χ1) is 18.5. The number of nitrogens with zero attached hydrogens (tertiary/aromatic N) is 2. The van der Waals surface area contributed by atoms with Crippen LogP contribution in [0.15, 0.2) is 71.6 Å². The normalized spacial score (nSPS) is 11.8. The van der Waals surface area contributed by atoms with Gasteiger partial charge in [-0.2, -0.15) is 0 Å². The molecule has 0 radical (unpaired) electrons. The van der Waals surface area contributed by atoms with Crippen molar-refractivity contribution in [2.24, 2.45) is 0 Å². The van der Waals surface area contributed by atoms with Crippen molar-refractivity contribution in [3.63, 3.8) is 0 Å². The summed E-state index contributed by atoms with van der Waals surface area (Å²) in [4.78, 5) is 27.6. The van der Waals surface area contributed by atoms with Crippen LogP contribution in [0, 0.1) is 6.92 Å². The Hall–Kier alpha value is -3.76. The maximum Gasteiger partial charge on any atom is 0.264 e. The molecule has 0 heterocycles. The van der Waals surface area contributed by atoms with Gasteiger partial charge in [0.2, 0.25) is 11.8 Å². The molecule has 3 rings (SSSR count). The molecule has 208 valence electrons. The van der Waals surface area contributed by atoms with Gasteiger partial charge in [-0.05, 0) is 55.8 Å². The number of methoxy groups -OCH3 is 2. The Bertz CT molecular complexity index is 1410. The van der Waals surface area contributed by atoms with Gasteiger partial charge in [0.15, 0.2) is 11.5 Å². The summed E-state index contributed by atoms with van der Waals surface area (Å²) in [6.07, 6.45) is 0. The smallest absolute Gasteiger partial charge is 0.264 e. The molecule has 0 aromatic heterocycles. The first-order valence-electron chi connectivity index (χ1n) is 12.1. The molecule has 3 aromatic rings. The van der Waals surface area contributed by atoms with Crippen LogP contribution in [-0.2, 0) is 26.2 Å². The van der Waals surface area contributed by atoms with Gasteiger partial charge in [-0.25, -0.2) is 8.42 Å². The minimum absolute atomic E-state index is 0.0722. The summed E-state index contributed by atoms with van der Waals surface area (Å²) in [5.41, 5.74) is 1.95. The second kappa shape index (κ2) is 12.9. The first-order valence-corrected chi connectivity index (χ1v) is 13.9. The quantitative estimate of drug-likeness (QED) is 0.371. The molecule has 0 spiro atoms. The van der Waals surface area contributed by atoms with Crippen molar-refractivity contribution in [1.29, 1.82) is 0 Å². The first kappa shape index (κ1) is 29.8. The predicted octanol–water partition coefficient (Wildman–Crippen LogP) is 4.02. The molecule has 3 aromatic carbocycles. The molecule has 0 bridgehead atoms. The summed E-state index contributed by atoms with van der Waals surface area (Å²) in [7, 11) is 0.0829. The van der Waals surface area contributed by atoms with Gasteiger partial charge in [0.05, 0.1) is 24.8 Å². The number of carbonyl (C=O) groups is 2. The molecule has 0 aliphatic heterocycles. The number of sulfonamides is 1. The molecular weight excluding hydrogens is 542 g/mol. The Morgan fingerprint density at radius 1 is 0.949 bits per heavy atom. The van der Waals surface area contributed by atoms with Crippen LogP contribution in [0.1, 0.15) is 18.1 Å². The fourth-order valence-corrected chi connectivity index (χ4v) is 5.48. The molecule has 2 amide bonds. The lowest BCUT2D eigenvalue weighted by Crippen LogP contribution is -2.50. The highest BCUT2D eigenvalue weighted by Gasteiger charge is 2.32. The fourth-order valence-electron chi connectivity index (χ4n) is 3.92. The van der Waals surface area contributed by atoms with Crippen LogP contribution >= 0.6 is 11.6 Å². The van der Waals surface area contributed by atoms with Gasteiger partial charge in [-0.15, -0.1) is 0 Å². The number of rotatable bonds is 11. The van der Waals surface area contributed by atoms with Gasteiger partial charge in [0, 0.05) is 24.7 Å². The Morgan fingerprint density at radius 3 is 2.13 bits per heavy atom. The Balaban J connectivity index is 2.06.